The molecule has 4 aliphatic heterocycles. The summed E-state index contributed by atoms with van der Waals surface area (Å²) in [7, 11) is 0. The number of fused-ring (bicyclic) bond motifs is 9. The molecule has 4 nitrogen and oxygen atoms in total. The normalized spacial score (nSPS) is 17.1. The van der Waals surface area contributed by atoms with Gasteiger partial charge in [0.15, 0.2) is 11.5 Å². The van der Waals surface area contributed by atoms with Crippen LogP contribution in [0.1, 0.15) is 149 Å². The number of hydrogen-bond acceptors (Lipinski definition) is 2. The second-order valence-corrected chi connectivity index (χ2v) is 28.2. The van der Waals surface area contributed by atoms with Gasteiger partial charge in [0, 0.05) is 54.8 Å². The SMILES string of the molecule is CC(C)(C)c1ccc(N2c3cc4c5cc3B3c6cc7c8cc(cc9c8n(c7cc6C(C)(C)c6cccc2c63)-c2ccc(C(C)(C)C)cc2O9)C(C)(C)CC(C)(C)c2cc3c6cc(C(C)(C)C)ccc6n4c3c5c2)cc1. The first-order valence-corrected chi connectivity index (χ1v) is 27.7. The summed E-state index contributed by atoms with van der Waals surface area (Å²) in [6.45, 7) is 35.7. The molecule has 0 saturated heterocycles. The molecular weight excluding hydrogens is 910 g/mol. The smallest absolute Gasteiger partial charge is 0.247 e. The Morgan fingerprint density at radius 3 is 1.72 bits per heavy atom. The van der Waals surface area contributed by atoms with E-state index in [0.717, 1.165) is 29.1 Å². The summed E-state index contributed by atoms with van der Waals surface area (Å²) in [6.07, 6.45) is 0.941. The highest BCUT2D eigenvalue weighted by atomic mass is 16.5. The third kappa shape index (κ3) is 5.91. The largest absolute Gasteiger partial charge is 0.453 e. The van der Waals surface area contributed by atoms with Crippen LogP contribution in [0.15, 0.2) is 127 Å². The predicted octanol–water partition coefficient (Wildman–Crippen LogP) is 16.8. The van der Waals surface area contributed by atoms with Crippen LogP contribution in [0.3, 0.4) is 0 Å². The van der Waals surface area contributed by atoms with Crippen molar-refractivity contribution in [1.82, 2.24) is 8.97 Å². The lowest BCUT2D eigenvalue weighted by Gasteiger charge is -2.45. The molecule has 11 aromatic rings. The van der Waals surface area contributed by atoms with Crippen molar-refractivity contribution < 1.29 is 4.74 Å². The molecule has 0 amide bonds. The molecule has 4 aliphatic rings. The lowest BCUT2D eigenvalue weighted by atomic mass is 9.30. The van der Waals surface area contributed by atoms with Gasteiger partial charge in [-0.1, -0.05) is 158 Å². The van der Waals surface area contributed by atoms with Crippen molar-refractivity contribution in [2.75, 3.05) is 4.90 Å². The maximum Gasteiger partial charge on any atom is 0.247 e. The number of nitrogens with zero attached hydrogens (tertiary/aromatic N) is 3. The van der Waals surface area contributed by atoms with Crippen LogP contribution in [0.4, 0.5) is 17.1 Å². The standard InChI is InChI=1S/C70H68BN3O/c1-65(2,3)38-19-23-43(24-20-38)72-56-18-16-17-50-62(56)71-52-33-45-49-30-42(32-61-64(49)74(57(45)35-51(52)70(50,14)15)55-26-22-40(67(7,8)9)31-60(55)75-61)69(12,13)37-68(10,11)41-28-47-44-27-39(66(4,5)6)21-25-54(44)73-58-36-59(72)53(71)34-46(58)48(29-41)63(47)73/h16-36H,37H2,1-15H3. The second kappa shape index (κ2) is 13.9. The van der Waals surface area contributed by atoms with E-state index in [-0.39, 0.29) is 39.2 Å². The van der Waals surface area contributed by atoms with Gasteiger partial charge in [-0.05, 0) is 162 Å². The average Bonchev–Trinajstić information content (AvgIpc) is 4.05. The van der Waals surface area contributed by atoms with E-state index in [1.807, 2.05) is 0 Å². The molecule has 0 unspecified atom stereocenters. The van der Waals surface area contributed by atoms with Crippen molar-refractivity contribution in [2.45, 2.75) is 143 Å². The average molecular weight is 978 g/mol. The van der Waals surface area contributed by atoms with Crippen LogP contribution in [0, 0.1) is 0 Å². The minimum absolute atomic E-state index is 0.00604. The van der Waals surface area contributed by atoms with Crippen molar-refractivity contribution in [3.63, 3.8) is 0 Å². The molecule has 7 heterocycles. The highest BCUT2D eigenvalue weighted by Gasteiger charge is 2.47. The Hall–Kier alpha value is -6.98. The van der Waals surface area contributed by atoms with E-state index in [2.05, 4.69) is 245 Å². The van der Waals surface area contributed by atoms with Gasteiger partial charge in [-0.25, -0.2) is 0 Å². The number of rotatable bonds is 1. The molecule has 15 rings (SSSR count). The van der Waals surface area contributed by atoms with Crippen molar-refractivity contribution in [3.05, 3.63) is 166 Å². The summed E-state index contributed by atoms with van der Waals surface area (Å²) in [5.74, 6) is 1.86. The third-order valence-electron chi connectivity index (χ3n) is 18.9. The molecule has 5 heteroatoms. The Kier molecular flexibility index (Phi) is 8.41. The first-order chi connectivity index (χ1) is 35.3. The fourth-order valence-electron chi connectivity index (χ4n) is 15.0. The molecule has 8 bridgehead atoms. The molecular formula is C70H68BN3O. The van der Waals surface area contributed by atoms with Crippen LogP contribution in [0.2, 0.25) is 0 Å². The Bertz CT molecular complexity index is 4380. The zero-order valence-electron chi connectivity index (χ0n) is 46.7. The molecule has 0 fully saturated rings. The van der Waals surface area contributed by atoms with Crippen molar-refractivity contribution in [1.29, 1.82) is 0 Å². The number of benzene rings is 8. The third-order valence-corrected chi connectivity index (χ3v) is 18.9. The van der Waals surface area contributed by atoms with Crippen LogP contribution in [-0.4, -0.2) is 15.7 Å². The summed E-state index contributed by atoms with van der Waals surface area (Å²) >= 11 is 0. The van der Waals surface area contributed by atoms with Crippen molar-refractivity contribution >= 4 is 100 Å². The topological polar surface area (TPSA) is 21.8 Å². The zero-order valence-corrected chi connectivity index (χ0v) is 46.7. The Labute approximate surface area is 442 Å². The quantitative estimate of drug-likeness (QED) is 0.153. The van der Waals surface area contributed by atoms with Gasteiger partial charge in [-0.3, -0.25) is 0 Å². The Morgan fingerprint density at radius 2 is 1.04 bits per heavy atom. The van der Waals surface area contributed by atoms with E-state index in [0.29, 0.717) is 0 Å². The lowest BCUT2D eigenvalue weighted by molar-refractivity contribution is 0.348. The van der Waals surface area contributed by atoms with Gasteiger partial charge in [0.05, 0.1) is 33.3 Å². The van der Waals surface area contributed by atoms with Gasteiger partial charge in [0.2, 0.25) is 6.71 Å². The van der Waals surface area contributed by atoms with E-state index in [4.69, 9.17) is 4.74 Å². The Morgan fingerprint density at radius 1 is 0.453 bits per heavy atom. The van der Waals surface area contributed by atoms with Gasteiger partial charge in [0.1, 0.15) is 0 Å². The van der Waals surface area contributed by atoms with E-state index < -0.39 is 0 Å². The van der Waals surface area contributed by atoms with E-state index >= 15 is 0 Å². The molecule has 372 valence electrons. The fraction of sp³-hybridized carbons (Fsp3) is 0.314. The van der Waals surface area contributed by atoms with Gasteiger partial charge in [-0.15, -0.1) is 0 Å². The number of hydrogen-bond donors (Lipinski definition) is 0. The van der Waals surface area contributed by atoms with Gasteiger partial charge >= 0.3 is 0 Å². The predicted molar refractivity (Wildman–Crippen MR) is 320 cm³/mol. The molecule has 0 spiro atoms. The van der Waals surface area contributed by atoms with E-state index in [9.17, 15) is 0 Å². The first-order valence-electron chi connectivity index (χ1n) is 27.7. The molecule has 0 radical (unpaired) electrons. The minimum Gasteiger partial charge on any atom is -0.453 e. The Balaban J connectivity index is 1.12. The molecule has 0 aliphatic carbocycles. The second-order valence-electron chi connectivity index (χ2n) is 28.2. The molecule has 75 heavy (non-hydrogen) atoms. The summed E-state index contributed by atoms with van der Waals surface area (Å²) in [4.78, 5) is 2.61. The fourth-order valence-corrected chi connectivity index (χ4v) is 15.0. The molecule has 0 saturated carbocycles. The molecule has 8 aromatic carbocycles. The van der Waals surface area contributed by atoms with Crippen LogP contribution < -0.4 is 26.0 Å². The van der Waals surface area contributed by atoms with Crippen LogP contribution in [0.25, 0.3) is 65.6 Å². The number of aromatic nitrogens is 2. The highest BCUT2D eigenvalue weighted by molar-refractivity contribution is 6.99. The van der Waals surface area contributed by atoms with E-state index in [1.165, 1.54) is 127 Å². The van der Waals surface area contributed by atoms with Crippen molar-refractivity contribution in [3.8, 4) is 17.2 Å². The van der Waals surface area contributed by atoms with Gasteiger partial charge in [0.25, 0.3) is 0 Å². The summed E-state index contributed by atoms with van der Waals surface area (Å²) in [5.41, 5.74) is 24.0. The maximum atomic E-state index is 7.27. The van der Waals surface area contributed by atoms with Gasteiger partial charge < -0.3 is 18.6 Å². The highest BCUT2D eigenvalue weighted by Crippen LogP contribution is 2.53. The van der Waals surface area contributed by atoms with Crippen LogP contribution >= 0.6 is 0 Å². The van der Waals surface area contributed by atoms with Crippen LogP contribution in [-0.2, 0) is 32.5 Å². The molecule has 0 atom stereocenters. The minimum atomic E-state index is -0.311. The van der Waals surface area contributed by atoms with Crippen LogP contribution in [0.5, 0.6) is 11.5 Å². The zero-order chi connectivity index (χ0) is 52.2. The first kappa shape index (κ1) is 45.4. The summed E-state index contributed by atoms with van der Waals surface area (Å²) < 4.78 is 12.4. The molecule has 0 N–H and O–H groups in total. The van der Waals surface area contributed by atoms with Gasteiger partial charge in [-0.2, -0.15) is 0 Å². The summed E-state index contributed by atoms with van der Waals surface area (Å²) in [6, 6.07) is 51.4. The monoisotopic (exact) mass is 978 g/mol. The van der Waals surface area contributed by atoms with Crippen molar-refractivity contribution in [2.24, 2.45) is 0 Å². The lowest BCUT2D eigenvalue weighted by Crippen LogP contribution is -2.64. The number of anilines is 3. The van der Waals surface area contributed by atoms with E-state index in [1.54, 1.807) is 0 Å². The summed E-state index contributed by atoms with van der Waals surface area (Å²) in [5, 5.41) is 7.89. The molecule has 3 aromatic heterocycles. The number of ether oxygens (including phenoxy) is 1. The maximum absolute atomic E-state index is 7.27.